The van der Waals surface area contributed by atoms with Crippen LogP contribution in [-0.2, 0) is 166 Å². The first-order valence-corrected chi connectivity index (χ1v) is 27.4. The summed E-state index contributed by atoms with van der Waals surface area (Å²) >= 11 is 13.9. The molecule has 0 unspecified atom stereocenters. The van der Waals surface area contributed by atoms with Gasteiger partial charge in [-0.1, -0.05) is 14.9 Å². The van der Waals surface area contributed by atoms with Crippen LogP contribution in [0.25, 0.3) is 0 Å². The topological polar surface area (TPSA) is 44.8 Å². The molecule has 0 atom stereocenters. The van der Waals surface area contributed by atoms with Crippen molar-refractivity contribution in [1.82, 2.24) is 0 Å². The number of alkyl halides is 3. The maximum Gasteiger partial charge on any atom is 0.352 e. The average Bonchev–Trinajstić information content (AvgIpc) is 2.81. The largest absolute Gasteiger partial charge is 0.491 e. The Bertz CT molecular complexity index is 1050. The summed E-state index contributed by atoms with van der Waals surface area (Å²) in [6, 6.07) is 0. The lowest BCUT2D eigenvalue weighted by atomic mass is 10.8. The molecule has 4 nitrogen and oxygen atoms in total. The molecule has 0 heterocycles. The second-order valence-electron chi connectivity index (χ2n) is 3.36. The molecule has 0 aliphatic carbocycles. The van der Waals surface area contributed by atoms with Crippen LogP contribution < -0.4 is 0 Å². The van der Waals surface area contributed by atoms with Gasteiger partial charge in [-0.15, -0.1) is 0 Å². The number of carbonyl (C=O) groups excluding carboxylic acids is 1. The zero-order valence-electron chi connectivity index (χ0n) is 18.2. The van der Waals surface area contributed by atoms with Crippen molar-refractivity contribution < 1.29 is 32.2 Å². The quantitative estimate of drug-likeness (QED) is 0.290. The zero-order chi connectivity index (χ0) is 27.7. The Kier molecular flexibility index (Phi) is 76.6. The van der Waals surface area contributed by atoms with Gasteiger partial charge in [-0.2, -0.15) is 8.78 Å². The molecule has 0 amide bonds. The van der Waals surface area contributed by atoms with Gasteiger partial charge in [-0.3, -0.25) is 9.18 Å². The summed E-state index contributed by atoms with van der Waals surface area (Å²) in [6.45, 7) is 3.78. The van der Waals surface area contributed by atoms with Crippen molar-refractivity contribution in [2.24, 2.45) is 0 Å². The smallest absolute Gasteiger partial charge is 0.352 e. The molecule has 0 bridgehead atoms. The van der Waals surface area contributed by atoms with E-state index in [0.717, 1.165) is 7.11 Å². The van der Waals surface area contributed by atoms with Gasteiger partial charge in [0.05, 0.1) is 21.4 Å². The monoisotopic (exact) mass is 838 g/mol. The highest BCUT2D eigenvalue weighted by atomic mass is 33.5. The molecule has 0 saturated heterocycles. The molecule has 0 aliphatic rings. The molecular weight excluding hydrogens is 810 g/mol. The van der Waals surface area contributed by atoms with Gasteiger partial charge in [0.25, 0.3) is 0 Å². The van der Waals surface area contributed by atoms with Crippen LogP contribution in [0, 0.1) is 0 Å². The van der Waals surface area contributed by atoms with E-state index >= 15 is 0 Å². The molecule has 0 spiro atoms. The minimum atomic E-state index is -2.96. The van der Waals surface area contributed by atoms with E-state index in [1.807, 2.05) is 0 Å². The maximum absolute atomic E-state index is 11.2. The number of methoxy groups -OCH3 is 3. The van der Waals surface area contributed by atoms with E-state index in [0.29, 0.717) is 19.2 Å². The maximum atomic E-state index is 11.2. The fraction of sp³-hybridized carbons (Fsp3) is 0.833. The highest BCUT2D eigenvalue weighted by Gasteiger charge is 2.17. The van der Waals surface area contributed by atoms with E-state index in [-0.39, 0.29) is 20.8 Å². The Morgan fingerprint density at radius 2 is 0.833 bits per heavy atom. The average molecular weight is 839 g/mol. The van der Waals surface area contributed by atoms with Crippen molar-refractivity contribution in [2.45, 2.75) is 41.7 Å². The van der Waals surface area contributed by atoms with E-state index in [1.165, 1.54) is 31.8 Å². The Morgan fingerprint density at radius 1 is 0.667 bits per heavy atom. The summed E-state index contributed by atoms with van der Waals surface area (Å²) in [6.07, 6.45) is -2.96. The molecule has 0 rings (SSSR count). The summed E-state index contributed by atoms with van der Waals surface area (Å²) in [7, 11) is 27.9. The van der Waals surface area contributed by atoms with Crippen LogP contribution in [0.2, 0.25) is 0 Å². The minimum absolute atomic E-state index is 0. The molecule has 0 aromatic heterocycles. The molecule has 0 fully saturated rings. The van der Waals surface area contributed by atoms with E-state index < -0.39 is 6.11 Å². The lowest BCUT2D eigenvalue weighted by molar-refractivity contribution is -0.205. The normalized spacial score (nSPS) is 7.28. The summed E-state index contributed by atoms with van der Waals surface area (Å²) < 4.78 is 44.2. The van der Waals surface area contributed by atoms with E-state index in [4.69, 9.17) is 22.4 Å². The van der Waals surface area contributed by atoms with Crippen molar-refractivity contribution in [3.8, 4) is 0 Å². The van der Waals surface area contributed by atoms with Crippen molar-refractivity contribution in [1.29, 1.82) is 0 Å². The van der Waals surface area contributed by atoms with Gasteiger partial charge in [0.1, 0.15) is 0 Å². The SMILES string of the molecule is C.C.CF.COC(C)(F)F.COC(C)=O.COC(C)=S.S=S=S=S=S=S=S=S=S=S=S=S=S=S=S=S. The predicted octanol–water partition coefficient (Wildman–Crippen LogP) is 4.22. The number of carbonyl (C=O) groups is 1. The van der Waals surface area contributed by atoms with Gasteiger partial charge in [-0.25, -0.2) is 0 Å². The number of hydrogen-bond acceptors (Lipinski definition) is 7. The Hall–Kier alpha value is 2.63. The summed E-state index contributed by atoms with van der Waals surface area (Å²) in [4.78, 5) is 9.59. The first kappa shape index (κ1) is 54.7. The standard InChI is InChI=1S/C3H6F2O.C3H6O2.C3H6OS.CH3F.2CH4.S16/c1-3(4,5)6-2;1-3(4)5-2;1-3(5)4-2;1-2;;;1-3-5-7-9-11-13-15-16-14-12-10-8-6-4-2/h1-2H3;2*1-2H3;1H3;2*1H4;. The lowest BCUT2D eigenvalue weighted by Gasteiger charge is -2.03. The molecule has 0 radical (unpaired) electrons. The number of ether oxygens (including phenoxy) is 3. The lowest BCUT2D eigenvalue weighted by Crippen LogP contribution is -2.10. The second kappa shape index (κ2) is 50.5. The van der Waals surface area contributed by atoms with E-state index in [1.54, 1.807) is 121 Å². The van der Waals surface area contributed by atoms with Crippen LogP contribution >= 0.6 is 12.2 Å². The highest BCUT2D eigenvalue weighted by molar-refractivity contribution is 8.77. The van der Waals surface area contributed by atoms with Gasteiger partial charge in [0.15, 0.2) is 5.05 Å². The number of esters is 1. The van der Waals surface area contributed by atoms with Gasteiger partial charge < -0.3 is 14.2 Å². The minimum Gasteiger partial charge on any atom is -0.491 e. The van der Waals surface area contributed by atoms with Crippen LogP contribution in [0.15, 0.2) is 0 Å². The molecule has 0 saturated carbocycles. The first-order valence-electron chi connectivity index (χ1n) is 7.00. The third kappa shape index (κ3) is 90.8. The van der Waals surface area contributed by atoms with Crippen molar-refractivity contribution in [3.63, 3.8) is 0 Å². The Labute approximate surface area is 268 Å². The number of rotatable bonds is 1. The molecule has 0 aromatic rings. The molecule has 224 valence electrons. The molecule has 0 aromatic carbocycles. The van der Waals surface area contributed by atoms with Gasteiger partial charge >= 0.3 is 12.1 Å². The third-order valence-corrected chi connectivity index (χ3v) is 30.4. The second-order valence-corrected chi connectivity index (χ2v) is 28.7. The highest BCUT2D eigenvalue weighted by Crippen LogP contribution is 2.09. The van der Waals surface area contributed by atoms with Crippen LogP contribution in [0.3, 0.4) is 0 Å². The van der Waals surface area contributed by atoms with Crippen LogP contribution in [0.4, 0.5) is 13.2 Å². The van der Waals surface area contributed by atoms with Crippen molar-refractivity contribution in [3.05, 3.63) is 0 Å². The van der Waals surface area contributed by atoms with E-state index in [9.17, 15) is 18.0 Å². The summed E-state index contributed by atoms with van der Waals surface area (Å²) in [5.74, 6) is -0.245. The van der Waals surface area contributed by atoms with Crippen LogP contribution in [-0.4, -0.2) is 45.6 Å². The summed E-state index contributed by atoms with van der Waals surface area (Å²) in [5, 5.41) is 0.588. The zero-order valence-corrected chi connectivity index (χ0v) is 32.1. The summed E-state index contributed by atoms with van der Waals surface area (Å²) in [5.41, 5.74) is 0. The van der Waals surface area contributed by atoms with Crippen LogP contribution in [0.1, 0.15) is 35.6 Å². The fourth-order valence-electron chi connectivity index (χ4n) is 0.136. The third-order valence-electron chi connectivity index (χ3n) is 1.29. The Balaban J connectivity index is -0.0000000698. The van der Waals surface area contributed by atoms with Gasteiger partial charge in [0, 0.05) is 175 Å². The molecular formula is C12H29F3O4S17. The molecule has 0 N–H and O–H groups in total. The Morgan fingerprint density at radius 3 is 0.917 bits per heavy atom. The predicted molar refractivity (Wildman–Crippen MR) is 199 cm³/mol. The van der Waals surface area contributed by atoms with Crippen LogP contribution in [0.5, 0.6) is 0 Å². The molecule has 0 aliphatic heterocycles. The number of hydrogen-bond donors (Lipinski definition) is 0. The van der Waals surface area contributed by atoms with Gasteiger partial charge in [-0.05, 0) is 12.2 Å². The number of halogens is 3. The molecule has 24 heteroatoms. The van der Waals surface area contributed by atoms with E-state index in [2.05, 4.69) is 26.4 Å². The number of thiocarbonyl (C=S) groups is 1. The van der Waals surface area contributed by atoms with Gasteiger partial charge in [0.2, 0.25) is 0 Å². The fourth-order valence-corrected chi connectivity index (χ4v) is 33.1. The van der Waals surface area contributed by atoms with Crippen molar-refractivity contribution >= 4 is 170 Å². The first-order chi connectivity index (χ1) is 16.0. The van der Waals surface area contributed by atoms with Crippen molar-refractivity contribution in [2.75, 3.05) is 28.5 Å². The molecule has 36 heavy (non-hydrogen) atoms.